The van der Waals surface area contributed by atoms with E-state index in [4.69, 9.17) is 9.72 Å². The monoisotopic (exact) mass is 594 g/mol. The van der Waals surface area contributed by atoms with Gasteiger partial charge >= 0.3 is 6.09 Å². The van der Waals surface area contributed by atoms with E-state index in [0.29, 0.717) is 43.6 Å². The van der Waals surface area contributed by atoms with Crippen molar-refractivity contribution >= 4 is 38.2 Å². The number of piperidine rings is 2. The molecule has 2 aliphatic heterocycles. The van der Waals surface area contributed by atoms with Crippen LogP contribution in [0.15, 0.2) is 53.7 Å². The van der Waals surface area contributed by atoms with Crippen molar-refractivity contribution < 1.29 is 23.1 Å². The molecule has 1 N–H and O–H groups in total. The Kier molecular flexibility index (Phi) is 7.48. The average Bonchev–Trinajstić information content (AvgIpc) is 3.56. The number of carbonyl (C=O) groups excluding carboxylic acids is 1. The average molecular weight is 595 g/mol. The van der Waals surface area contributed by atoms with Crippen molar-refractivity contribution in [2.75, 3.05) is 26.2 Å². The first-order valence-corrected chi connectivity index (χ1v) is 16.0. The Labute approximate surface area is 245 Å². The van der Waals surface area contributed by atoms with Crippen LogP contribution in [0.1, 0.15) is 58.3 Å². The van der Waals surface area contributed by atoms with E-state index in [2.05, 4.69) is 14.5 Å². The Morgan fingerprint density at radius 3 is 2.38 bits per heavy atom. The van der Waals surface area contributed by atoms with Crippen molar-refractivity contribution in [2.45, 2.75) is 75.6 Å². The molecule has 1 amide bonds. The number of rotatable bonds is 5. The standard InChI is InChI=1S/C30H38N6O5S/c1-30(2,3)41-29(38)34-16-9-21(10-17-34)36-26(20-33-14-11-22(37)12-15-33)32-25-19-31-28-24(27(25)36)13-18-35(28)42(39,40)23-7-5-4-6-8-23/h4-8,13,18-19,21-22,37H,9-12,14-17,20H2,1-3H3. The second-order valence-corrected chi connectivity index (χ2v) is 14.1. The van der Waals surface area contributed by atoms with E-state index in [1.807, 2.05) is 20.8 Å². The zero-order valence-electron chi connectivity index (χ0n) is 24.3. The van der Waals surface area contributed by atoms with Gasteiger partial charge in [-0.05, 0) is 64.7 Å². The molecule has 12 heteroatoms. The molecule has 0 aliphatic carbocycles. The minimum Gasteiger partial charge on any atom is -0.444 e. The van der Waals surface area contributed by atoms with E-state index in [0.717, 1.165) is 42.7 Å². The molecular formula is C30H38N6O5S. The highest BCUT2D eigenvalue weighted by atomic mass is 32.2. The van der Waals surface area contributed by atoms with Crippen LogP contribution in [0.25, 0.3) is 22.1 Å². The zero-order valence-corrected chi connectivity index (χ0v) is 25.1. The first-order chi connectivity index (χ1) is 20.0. The lowest BCUT2D eigenvalue weighted by molar-refractivity contribution is 0.0187. The summed E-state index contributed by atoms with van der Waals surface area (Å²) in [6.07, 6.45) is 5.51. The number of aliphatic hydroxyl groups excluding tert-OH is 1. The molecule has 11 nitrogen and oxygen atoms in total. The number of hydrogen-bond acceptors (Lipinski definition) is 8. The van der Waals surface area contributed by atoms with Crippen LogP contribution in [0.2, 0.25) is 0 Å². The third kappa shape index (κ3) is 5.50. The molecule has 2 aliphatic rings. The molecule has 2 saturated heterocycles. The molecule has 5 heterocycles. The minimum absolute atomic E-state index is 0.0544. The number of fused-ring (bicyclic) bond motifs is 3. The summed E-state index contributed by atoms with van der Waals surface area (Å²) in [5.41, 5.74) is 1.35. The maximum atomic E-state index is 13.5. The molecule has 0 saturated carbocycles. The fourth-order valence-corrected chi connectivity index (χ4v) is 7.33. The smallest absolute Gasteiger partial charge is 0.410 e. The van der Waals surface area contributed by atoms with Crippen LogP contribution in [-0.4, -0.2) is 85.8 Å². The molecule has 0 atom stereocenters. The van der Waals surface area contributed by atoms with Gasteiger partial charge in [-0.1, -0.05) is 18.2 Å². The second kappa shape index (κ2) is 11.0. The summed E-state index contributed by atoms with van der Waals surface area (Å²) < 4.78 is 36.2. The number of ether oxygens (including phenoxy) is 1. The van der Waals surface area contributed by atoms with Crippen LogP contribution < -0.4 is 0 Å². The molecule has 0 unspecified atom stereocenters. The molecular weight excluding hydrogens is 556 g/mol. The van der Waals surface area contributed by atoms with E-state index < -0.39 is 15.6 Å². The molecule has 3 aromatic heterocycles. The number of benzene rings is 1. The van der Waals surface area contributed by atoms with Crippen molar-refractivity contribution in [3.63, 3.8) is 0 Å². The maximum absolute atomic E-state index is 13.5. The number of hydrogen-bond donors (Lipinski definition) is 1. The van der Waals surface area contributed by atoms with Gasteiger partial charge in [0.25, 0.3) is 10.0 Å². The topological polar surface area (TPSA) is 123 Å². The first-order valence-electron chi connectivity index (χ1n) is 14.6. The van der Waals surface area contributed by atoms with Gasteiger partial charge in [-0.3, -0.25) is 4.90 Å². The number of aromatic nitrogens is 4. The molecule has 224 valence electrons. The van der Waals surface area contributed by atoms with Gasteiger partial charge in [-0.15, -0.1) is 0 Å². The minimum atomic E-state index is -3.85. The molecule has 2 fully saturated rings. The molecule has 0 bridgehead atoms. The fourth-order valence-electron chi connectivity index (χ4n) is 6.01. The van der Waals surface area contributed by atoms with Crippen molar-refractivity contribution in [1.29, 1.82) is 0 Å². The number of imidazole rings is 1. The molecule has 4 aromatic rings. The third-order valence-corrected chi connectivity index (χ3v) is 9.79. The normalized spacial score (nSPS) is 18.2. The Bertz CT molecular complexity index is 1690. The highest BCUT2D eigenvalue weighted by molar-refractivity contribution is 7.90. The zero-order chi connectivity index (χ0) is 29.6. The summed E-state index contributed by atoms with van der Waals surface area (Å²) in [4.78, 5) is 26.6. The van der Waals surface area contributed by atoms with Crippen LogP contribution in [0.5, 0.6) is 0 Å². The van der Waals surface area contributed by atoms with Crippen molar-refractivity contribution in [1.82, 2.24) is 28.3 Å². The summed E-state index contributed by atoms with van der Waals surface area (Å²) >= 11 is 0. The van der Waals surface area contributed by atoms with Crippen molar-refractivity contribution in [3.05, 3.63) is 54.6 Å². The number of aliphatic hydroxyl groups is 1. The summed E-state index contributed by atoms with van der Waals surface area (Å²) in [5.74, 6) is 0.880. The maximum Gasteiger partial charge on any atom is 0.410 e. The molecule has 6 rings (SSSR count). The van der Waals surface area contributed by atoms with Gasteiger partial charge in [0.2, 0.25) is 0 Å². The van der Waals surface area contributed by atoms with Crippen molar-refractivity contribution in [2.24, 2.45) is 0 Å². The number of likely N-dealkylation sites (tertiary alicyclic amines) is 2. The van der Waals surface area contributed by atoms with E-state index >= 15 is 0 Å². The highest BCUT2D eigenvalue weighted by Crippen LogP contribution is 2.35. The lowest BCUT2D eigenvalue weighted by Gasteiger charge is -2.35. The Morgan fingerprint density at radius 1 is 1.02 bits per heavy atom. The van der Waals surface area contributed by atoms with Gasteiger partial charge in [0.1, 0.15) is 16.9 Å². The predicted molar refractivity (Wildman–Crippen MR) is 159 cm³/mol. The molecule has 42 heavy (non-hydrogen) atoms. The van der Waals surface area contributed by atoms with Gasteiger partial charge in [0, 0.05) is 43.8 Å². The third-order valence-electron chi connectivity index (χ3n) is 8.11. The Hall–Kier alpha value is -3.48. The van der Waals surface area contributed by atoms with E-state index in [1.165, 1.54) is 3.97 Å². The largest absolute Gasteiger partial charge is 0.444 e. The Morgan fingerprint density at radius 2 is 1.71 bits per heavy atom. The SMILES string of the molecule is CC(C)(C)OC(=O)N1CCC(n2c(CN3CCC(O)CC3)nc3cnc4c(ccn4S(=O)(=O)c4ccccc4)c32)CC1. The van der Waals surface area contributed by atoms with E-state index in [-0.39, 0.29) is 23.1 Å². The second-order valence-electron chi connectivity index (χ2n) is 12.3. The van der Waals surface area contributed by atoms with Gasteiger partial charge in [0.15, 0.2) is 5.65 Å². The van der Waals surface area contributed by atoms with Gasteiger partial charge < -0.3 is 19.3 Å². The Balaban J connectivity index is 1.40. The van der Waals surface area contributed by atoms with Crippen LogP contribution in [0.4, 0.5) is 4.79 Å². The van der Waals surface area contributed by atoms with Crippen LogP contribution in [0, 0.1) is 0 Å². The quantitative estimate of drug-likeness (QED) is 0.366. The summed E-state index contributed by atoms with van der Waals surface area (Å²) in [6, 6.07) is 10.2. The number of nitrogens with zero attached hydrogens (tertiary/aromatic N) is 6. The summed E-state index contributed by atoms with van der Waals surface area (Å²) in [5, 5.41) is 10.7. The number of pyridine rings is 1. The van der Waals surface area contributed by atoms with Crippen LogP contribution >= 0.6 is 0 Å². The molecule has 0 radical (unpaired) electrons. The van der Waals surface area contributed by atoms with Gasteiger partial charge in [-0.2, -0.15) is 0 Å². The van der Waals surface area contributed by atoms with Crippen LogP contribution in [-0.2, 0) is 21.3 Å². The number of amides is 1. The van der Waals surface area contributed by atoms with Crippen molar-refractivity contribution in [3.8, 4) is 0 Å². The number of carbonyl (C=O) groups is 1. The summed E-state index contributed by atoms with van der Waals surface area (Å²) in [6.45, 7) is 8.86. The van der Waals surface area contributed by atoms with Gasteiger partial charge in [0.05, 0.1) is 29.3 Å². The predicted octanol–water partition coefficient (Wildman–Crippen LogP) is 4.15. The molecule has 1 aromatic carbocycles. The van der Waals surface area contributed by atoms with E-state index in [1.54, 1.807) is 53.7 Å². The highest BCUT2D eigenvalue weighted by Gasteiger charge is 2.31. The van der Waals surface area contributed by atoms with Gasteiger partial charge in [-0.25, -0.2) is 27.2 Å². The summed E-state index contributed by atoms with van der Waals surface area (Å²) in [7, 11) is -3.85. The fraction of sp³-hybridized carbons (Fsp3) is 0.500. The molecule has 0 spiro atoms. The first kappa shape index (κ1) is 28.6. The van der Waals surface area contributed by atoms with E-state index in [9.17, 15) is 18.3 Å². The lowest BCUT2D eigenvalue weighted by atomic mass is 10.0. The van der Waals surface area contributed by atoms with Crippen LogP contribution in [0.3, 0.4) is 0 Å². The lowest BCUT2D eigenvalue weighted by Crippen LogP contribution is -2.42.